The molecule has 0 heterocycles. The van der Waals surface area contributed by atoms with Crippen LogP contribution in [0.2, 0.25) is 0 Å². The maximum absolute atomic E-state index is 9.54. The fourth-order valence-electron chi connectivity index (χ4n) is 0.129. The number of carboxylic acids is 1. The molecule has 0 radical (unpaired) electrons. The van der Waals surface area contributed by atoms with Crippen LogP contribution in [0, 0.1) is 0 Å². The van der Waals surface area contributed by atoms with Gasteiger partial charge < -0.3 is 10.4 Å². The summed E-state index contributed by atoms with van der Waals surface area (Å²) >= 11 is 0. The molecule has 0 aliphatic carbocycles. The fourth-order valence-corrected chi connectivity index (χ4v) is 0.129. The summed E-state index contributed by atoms with van der Waals surface area (Å²) in [7, 11) is 0. The first kappa shape index (κ1) is 11.1. The van der Waals surface area contributed by atoms with Gasteiger partial charge in [-0.1, -0.05) is 0 Å². The molecule has 0 aromatic heterocycles. The molecule has 0 fully saturated rings. The van der Waals surface area contributed by atoms with Crippen molar-refractivity contribution in [1.29, 1.82) is 0 Å². The molecule has 0 bridgehead atoms. The van der Waals surface area contributed by atoms with Gasteiger partial charge in [0.15, 0.2) is 0 Å². The number of carbonyl (C=O) groups excluding carboxylic acids is 1. The number of amides is 1. The Morgan fingerprint density at radius 3 is 2.38 bits per heavy atom. The summed E-state index contributed by atoms with van der Waals surface area (Å²) in [5.41, 5.74) is 0. The zero-order chi connectivity index (χ0) is 5.70. The SMILES string of the molecule is O=CNCC(=O)O.[CaH2]. The maximum atomic E-state index is 9.54. The van der Waals surface area contributed by atoms with Crippen molar-refractivity contribution >= 4 is 50.1 Å². The number of carbonyl (C=O) groups is 2. The molecule has 2 N–H and O–H groups in total. The van der Waals surface area contributed by atoms with Crippen molar-refractivity contribution in [3.05, 3.63) is 0 Å². The normalized spacial score (nSPS) is 6.50. The number of rotatable bonds is 3. The summed E-state index contributed by atoms with van der Waals surface area (Å²) in [5, 5.41) is 9.79. The predicted molar refractivity (Wildman–Crippen MR) is 30.2 cm³/mol. The molecule has 4 nitrogen and oxygen atoms in total. The molecule has 0 aliphatic rings. The van der Waals surface area contributed by atoms with Gasteiger partial charge in [0.25, 0.3) is 0 Å². The van der Waals surface area contributed by atoms with E-state index in [4.69, 9.17) is 5.11 Å². The van der Waals surface area contributed by atoms with Crippen molar-refractivity contribution in [3.8, 4) is 0 Å². The Bertz CT molecular complexity index is 84.6. The Labute approximate surface area is 76.3 Å². The fraction of sp³-hybridized carbons (Fsp3) is 0.333. The average molecular weight is 145 g/mol. The van der Waals surface area contributed by atoms with Crippen LogP contribution in [-0.4, -0.2) is 61.8 Å². The number of carboxylic acid groups (broad SMARTS) is 1. The van der Waals surface area contributed by atoms with Gasteiger partial charge in [-0.3, -0.25) is 9.59 Å². The van der Waals surface area contributed by atoms with Crippen molar-refractivity contribution in [3.63, 3.8) is 0 Å². The van der Waals surface area contributed by atoms with Gasteiger partial charge >= 0.3 is 43.7 Å². The van der Waals surface area contributed by atoms with E-state index in [1.54, 1.807) is 0 Å². The summed E-state index contributed by atoms with van der Waals surface area (Å²) in [6, 6.07) is 0. The van der Waals surface area contributed by atoms with Crippen LogP contribution >= 0.6 is 0 Å². The summed E-state index contributed by atoms with van der Waals surface area (Å²) in [6.45, 7) is -0.302. The molecular formula is C3H7CaNO3. The first-order valence-corrected chi connectivity index (χ1v) is 1.66. The summed E-state index contributed by atoms with van der Waals surface area (Å²) in [6.07, 6.45) is 0.341. The molecule has 0 spiro atoms. The summed E-state index contributed by atoms with van der Waals surface area (Å²) in [5.74, 6) is -1.04. The molecule has 0 aliphatic heterocycles. The van der Waals surface area contributed by atoms with E-state index in [0.29, 0.717) is 6.41 Å². The number of nitrogens with one attached hydrogen (secondary N) is 1. The van der Waals surface area contributed by atoms with E-state index >= 15 is 0 Å². The molecule has 0 aromatic carbocycles. The Balaban J connectivity index is 0. The van der Waals surface area contributed by atoms with Crippen LogP contribution in [-0.2, 0) is 9.59 Å². The van der Waals surface area contributed by atoms with Crippen LogP contribution < -0.4 is 5.32 Å². The topological polar surface area (TPSA) is 66.4 Å². The second-order valence-electron chi connectivity index (χ2n) is 0.892. The van der Waals surface area contributed by atoms with Gasteiger partial charge in [-0.25, -0.2) is 0 Å². The number of aliphatic carboxylic acids is 1. The second kappa shape index (κ2) is 7.20. The van der Waals surface area contributed by atoms with Crippen molar-refractivity contribution in [2.45, 2.75) is 0 Å². The first-order chi connectivity index (χ1) is 3.27. The molecule has 5 heteroatoms. The predicted octanol–water partition coefficient (Wildman–Crippen LogP) is -2.10. The molecular weight excluding hydrogens is 138 g/mol. The van der Waals surface area contributed by atoms with Gasteiger partial charge in [0, 0.05) is 0 Å². The van der Waals surface area contributed by atoms with E-state index in [2.05, 4.69) is 0 Å². The molecule has 0 saturated heterocycles. The van der Waals surface area contributed by atoms with E-state index < -0.39 is 5.97 Å². The second-order valence-corrected chi connectivity index (χ2v) is 0.892. The van der Waals surface area contributed by atoms with Crippen LogP contribution in [0.4, 0.5) is 0 Å². The first-order valence-electron chi connectivity index (χ1n) is 1.66. The van der Waals surface area contributed by atoms with Crippen molar-refractivity contribution in [1.82, 2.24) is 5.32 Å². The van der Waals surface area contributed by atoms with E-state index in [-0.39, 0.29) is 44.3 Å². The van der Waals surface area contributed by atoms with Gasteiger partial charge in [0.2, 0.25) is 6.41 Å². The molecule has 44 valence electrons. The third kappa shape index (κ3) is 9.50. The van der Waals surface area contributed by atoms with Crippen molar-refractivity contribution in [2.24, 2.45) is 0 Å². The quantitative estimate of drug-likeness (QED) is 0.353. The molecule has 0 aromatic rings. The summed E-state index contributed by atoms with van der Waals surface area (Å²) in [4.78, 5) is 18.9. The molecule has 0 unspecified atom stereocenters. The van der Waals surface area contributed by atoms with E-state index in [1.165, 1.54) is 0 Å². The standard InChI is InChI=1S/C3H5NO3.Ca.2H/c5-2-4-1-3(6)7;;;/h2H,1H2,(H,4,5)(H,6,7);;;. The Morgan fingerprint density at radius 1 is 1.75 bits per heavy atom. The zero-order valence-corrected chi connectivity index (χ0v) is 3.55. The van der Waals surface area contributed by atoms with Gasteiger partial charge in [-0.15, -0.1) is 0 Å². The molecule has 1 amide bonds. The Hall–Kier alpha value is 0.200. The Kier molecular flexibility index (Phi) is 9.95. The van der Waals surface area contributed by atoms with Crippen molar-refractivity contribution in [2.75, 3.05) is 6.54 Å². The Morgan fingerprint density at radius 2 is 2.25 bits per heavy atom. The van der Waals surface area contributed by atoms with Gasteiger partial charge in [-0.2, -0.15) is 0 Å². The van der Waals surface area contributed by atoms with Gasteiger partial charge in [-0.05, 0) is 0 Å². The van der Waals surface area contributed by atoms with Gasteiger partial charge in [0.05, 0.1) is 0 Å². The summed E-state index contributed by atoms with van der Waals surface area (Å²) < 4.78 is 0. The van der Waals surface area contributed by atoms with Crippen LogP contribution in [0.25, 0.3) is 0 Å². The number of hydrogen-bond acceptors (Lipinski definition) is 2. The minimum atomic E-state index is -1.04. The van der Waals surface area contributed by atoms with E-state index in [1.807, 2.05) is 5.32 Å². The molecule has 0 rings (SSSR count). The van der Waals surface area contributed by atoms with E-state index in [9.17, 15) is 9.59 Å². The van der Waals surface area contributed by atoms with Crippen molar-refractivity contribution < 1.29 is 14.7 Å². The van der Waals surface area contributed by atoms with Crippen LogP contribution in [0.5, 0.6) is 0 Å². The number of hydrogen-bond donors (Lipinski definition) is 2. The monoisotopic (exact) mass is 145 g/mol. The van der Waals surface area contributed by atoms with Crippen LogP contribution in [0.15, 0.2) is 0 Å². The van der Waals surface area contributed by atoms with Gasteiger partial charge in [0.1, 0.15) is 6.54 Å². The molecule has 0 saturated carbocycles. The molecule has 0 atom stereocenters. The van der Waals surface area contributed by atoms with E-state index in [0.717, 1.165) is 0 Å². The molecule has 8 heavy (non-hydrogen) atoms. The van der Waals surface area contributed by atoms with Crippen LogP contribution in [0.3, 0.4) is 0 Å². The average Bonchev–Trinajstić information content (AvgIpc) is 1.61. The van der Waals surface area contributed by atoms with Crippen LogP contribution in [0.1, 0.15) is 0 Å². The minimum absolute atomic E-state index is 0. The third-order valence-electron chi connectivity index (χ3n) is 0.337. The zero-order valence-electron chi connectivity index (χ0n) is 3.55. The third-order valence-corrected chi connectivity index (χ3v) is 0.337.